The van der Waals surface area contributed by atoms with E-state index < -0.39 is 4.92 Å². The van der Waals surface area contributed by atoms with Crippen LogP contribution in [0, 0.1) is 17.0 Å². The van der Waals surface area contributed by atoms with E-state index in [1.807, 2.05) is 23.8 Å². The Labute approximate surface area is 120 Å². The van der Waals surface area contributed by atoms with Crippen molar-refractivity contribution < 1.29 is 4.92 Å². The molecule has 0 spiro atoms. The first kappa shape index (κ1) is 14.2. The van der Waals surface area contributed by atoms with Crippen molar-refractivity contribution in [1.82, 2.24) is 9.97 Å². The molecule has 0 aliphatic heterocycles. The lowest BCUT2D eigenvalue weighted by Gasteiger charge is -2.09. The Morgan fingerprint density at radius 2 is 2.20 bits per heavy atom. The van der Waals surface area contributed by atoms with E-state index in [1.165, 1.54) is 0 Å². The lowest BCUT2D eigenvalue weighted by Crippen LogP contribution is -2.10. The van der Waals surface area contributed by atoms with Crippen LogP contribution in [0.15, 0.2) is 16.8 Å². The smallest absolute Gasteiger partial charge is 0.332 e. The third kappa shape index (κ3) is 3.21. The molecule has 0 radical (unpaired) electrons. The highest BCUT2D eigenvalue weighted by Gasteiger charge is 2.21. The van der Waals surface area contributed by atoms with Gasteiger partial charge in [0.25, 0.3) is 0 Å². The largest absolute Gasteiger partial charge is 0.360 e. The van der Waals surface area contributed by atoms with Gasteiger partial charge in [-0.25, -0.2) is 4.98 Å². The molecule has 2 rings (SSSR count). The van der Waals surface area contributed by atoms with Crippen molar-refractivity contribution in [2.24, 2.45) is 0 Å². The minimum atomic E-state index is -0.457. The zero-order valence-electron chi connectivity index (χ0n) is 11.2. The van der Waals surface area contributed by atoms with Gasteiger partial charge in [0.2, 0.25) is 11.8 Å². The molecular weight excluding hydrogens is 278 g/mol. The molecule has 0 aromatic carbocycles. The van der Waals surface area contributed by atoms with Crippen LogP contribution in [0.25, 0.3) is 0 Å². The molecule has 7 nitrogen and oxygen atoms in total. The number of anilines is 2. The summed E-state index contributed by atoms with van der Waals surface area (Å²) in [5.74, 6) is 0.632. The summed E-state index contributed by atoms with van der Waals surface area (Å²) in [6.45, 7) is 4.67. The van der Waals surface area contributed by atoms with E-state index >= 15 is 0 Å². The maximum Gasteiger partial charge on any atom is 0.332 e. The van der Waals surface area contributed by atoms with E-state index in [0.717, 1.165) is 5.56 Å². The third-order valence-corrected chi connectivity index (χ3v) is 3.35. The molecule has 0 aliphatic rings. The molecule has 106 valence electrons. The molecular formula is C12H15N5O2S. The summed E-state index contributed by atoms with van der Waals surface area (Å²) in [5, 5.41) is 21.1. The van der Waals surface area contributed by atoms with Crippen molar-refractivity contribution in [3.8, 4) is 0 Å². The van der Waals surface area contributed by atoms with Crippen LogP contribution in [0.4, 0.5) is 17.5 Å². The molecule has 2 heterocycles. The number of hydrogen-bond acceptors (Lipinski definition) is 7. The van der Waals surface area contributed by atoms with Crippen molar-refractivity contribution in [2.75, 3.05) is 17.2 Å². The molecule has 0 fully saturated rings. The van der Waals surface area contributed by atoms with Gasteiger partial charge in [0, 0.05) is 13.1 Å². The Morgan fingerprint density at radius 3 is 2.80 bits per heavy atom. The van der Waals surface area contributed by atoms with E-state index in [-0.39, 0.29) is 11.5 Å². The normalized spacial score (nSPS) is 10.3. The molecule has 8 heteroatoms. The Hall–Kier alpha value is -2.22. The summed E-state index contributed by atoms with van der Waals surface area (Å²) in [4.78, 5) is 18.9. The lowest BCUT2D eigenvalue weighted by molar-refractivity contribution is -0.385. The quantitative estimate of drug-likeness (QED) is 0.628. The van der Waals surface area contributed by atoms with Crippen molar-refractivity contribution in [1.29, 1.82) is 0 Å². The monoisotopic (exact) mass is 293 g/mol. The summed E-state index contributed by atoms with van der Waals surface area (Å²) in [6.07, 6.45) is 0. The molecule has 2 aromatic heterocycles. The highest BCUT2D eigenvalue weighted by Crippen LogP contribution is 2.27. The molecule has 0 saturated carbocycles. The topological polar surface area (TPSA) is 93.0 Å². The van der Waals surface area contributed by atoms with Gasteiger partial charge in [0.05, 0.1) is 4.92 Å². The standard InChI is InChI=1S/C12H15N5O2S/c1-3-13-12-15-8(2)10(17(18)19)11(16-12)14-6-9-4-5-20-7-9/h4-5,7H,3,6H2,1-2H3,(H2,13,14,15,16). The molecule has 2 N–H and O–H groups in total. The molecule has 0 bridgehead atoms. The van der Waals surface area contributed by atoms with Crippen LogP contribution >= 0.6 is 11.3 Å². The molecule has 0 unspecified atom stereocenters. The zero-order valence-corrected chi connectivity index (χ0v) is 12.0. The van der Waals surface area contributed by atoms with Gasteiger partial charge in [-0.15, -0.1) is 0 Å². The number of rotatable bonds is 6. The number of nitro groups is 1. The van der Waals surface area contributed by atoms with E-state index in [1.54, 1.807) is 18.3 Å². The number of thiophene rings is 1. The third-order valence-electron chi connectivity index (χ3n) is 2.62. The fourth-order valence-corrected chi connectivity index (χ4v) is 2.39. The van der Waals surface area contributed by atoms with Gasteiger partial charge in [0.1, 0.15) is 5.69 Å². The van der Waals surface area contributed by atoms with E-state index in [2.05, 4.69) is 20.6 Å². The van der Waals surface area contributed by atoms with E-state index in [4.69, 9.17) is 0 Å². The van der Waals surface area contributed by atoms with E-state index in [0.29, 0.717) is 24.7 Å². The number of nitrogens with zero attached hydrogens (tertiary/aromatic N) is 3. The highest BCUT2D eigenvalue weighted by molar-refractivity contribution is 7.07. The van der Waals surface area contributed by atoms with Crippen molar-refractivity contribution in [3.63, 3.8) is 0 Å². The summed E-state index contributed by atoms with van der Waals surface area (Å²) in [6, 6.07) is 1.96. The highest BCUT2D eigenvalue weighted by atomic mass is 32.1. The van der Waals surface area contributed by atoms with Gasteiger partial charge < -0.3 is 10.6 Å². The van der Waals surface area contributed by atoms with Crippen LogP contribution in [0.2, 0.25) is 0 Å². The zero-order chi connectivity index (χ0) is 14.5. The Bertz CT molecular complexity index is 600. The van der Waals surface area contributed by atoms with Crippen molar-refractivity contribution in [2.45, 2.75) is 20.4 Å². The molecule has 0 amide bonds. The van der Waals surface area contributed by atoms with Gasteiger partial charge in [-0.05, 0) is 36.2 Å². The molecule has 0 aliphatic carbocycles. The second-order valence-corrected chi connectivity index (χ2v) is 4.88. The van der Waals surface area contributed by atoms with Crippen molar-refractivity contribution in [3.05, 3.63) is 38.2 Å². The van der Waals surface area contributed by atoms with Crippen LogP contribution < -0.4 is 10.6 Å². The van der Waals surface area contributed by atoms with Gasteiger partial charge in [-0.3, -0.25) is 10.1 Å². The SMILES string of the molecule is CCNc1nc(C)c([N+](=O)[O-])c(NCc2ccsc2)n1. The summed E-state index contributed by atoms with van der Waals surface area (Å²) in [5.41, 5.74) is 1.32. The minimum absolute atomic E-state index is 0.0816. The summed E-state index contributed by atoms with van der Waals surface area (Å²) >= 11 is 1.58. The Morgan fingerprint density at radius 1 is 1.40 bits per heavy atom. The summed E-state index contributed by atoms with van der Waals surface area (Å²) < 4.78 is 0. The number of aromatic nitrogens is 2. The fraction of sp³-hybridized carbons (Fsp3) is 0.333. The minimum Gasteiger partial charge on any atom is -0.360 e. The second kappa shape index (κ2) is 6.29. The Balaban J connectivity index is 2.29. The molecule has 2 aromatic rings. The maximum absolute atomic E-state index is 11.1. The summed E-state index contributed by atoms with van der Waals surface area (Å²) in [7, 11) is 0. The number of nitrogens with one attached hydrogen (secondary N) is 2. The fourth-order valence-electron chi connectivity index (χ4n) is 1.73. The first-order chi connectivity index (χ1) is 9.61. The first-order valence-corrected chi connectivity index (χ1v) is 7.08. The molecule has 20 heavy (non-hydrogen) atoms. The number of hydrogen-bond donors (Lipinski definition) is 2. The van der Waals surface area contributed by atoms with Crippen LogP contribution in [-0.2, 0) is 6.54 Å². The Kier molecular flexibility index (Phi) is 4.46. The van der Waals surface area contributed by atoms with Crippen LogP contribution in [0.3, 0.4) is 0 Å². The van der Waals surface area contributed by atoms with E-state index in [9.17, 15) is 10.1 Å². The predicted molar refractivity (Wildman–Crippen MR) is 79.2 cm³/mol. The van der Waals surface area contributed by atoms with Crippen LogP contribution in [0.5, 0.6) is 0 Å². The maximum atomic E-state index is 11.1. The molecule has 0 saturated heterocycles. The van der Waals surface area contributed by atoms with Gasteiger partial charge in [-0.1, -0.05) is 0 Å². The average Bonchev–Trinajstić information content (AvgIpc) is 2.88. The second-order valence-electron chi connectivity index (χ2n) is 4.10. The lowest BCUT2D eigenvalue weighted by atomic mass is 10.3. The number of aryl methyl sites for hydroxylation is 1. The van der Waals surface area contributed by atoms with Crippen LogP contribution in [-0.4, -0.2) is 21.4 Å². The predicted octanol–water partition coefficient (Wildman–Crippen LogP) is 2.80. The van der Waals surface area contributed by atoms with Gasteiger partial charge >= 0.3 is 5.69 Å². The molecule has 0 atom stereocenters. The van der Waals surface area contributed by atoms with Crippen LogP contribution in [0.1, 0.15) is 18.2 Å². The van der Waals surface area contributed by atoms with Gasteiger partial charge in [0.15, 0.2) is 0 Å². The van der Waals surface area contributed by atoms with Gasteiger partial charge in [-0.2, -0.15) is 16.3 Å². The van der Waals surface area contributed by atoms with Crippen molar-refractivity contribution >= 4 is 28.8 Å². The average molecular weight is 293 g/mol. The first-order valence-electron chi connectivity index (χ1n) is 6.13.